The molecule has 0 aromatic rings. The van der Waals surface area contributed by atoms with Gasteiger partial charge in [0.1, 0.15) is 0 Å². The van der Waals surface area contributed by atoms with E-state index in [-0.39, 0.29) is 25.6 Å². The topological polar surface area (TPSA) is 113 Å². The molecule has 0 saturated heterocycles. The predicted molar refractivity (Wildman–Crippen MR) is 77.0 cm³/mol. The van der Waals surface area contributed by atoms with E-state index in [0.717, 1.165) is 12.8 Å². The molecular formula is C14H28O7. The molecule has 0 saturated carbocycles. The molecule has 0 bridgehead atoms. The fourth-order valence-corrected chi connectivity index (χ4v) is 1.18. The summed E-state index contributed by atoms with van der Waals surface area (Å²) in [5.41, 5.74) is 0. The van der Waals surface area contributed by atoms with E-state index >= 15 is 0 Å². The summed E-state index contributed by atoms with van der Waals surface area (Å²) in [7, 11) is 0. The van der Waals surface area contributed by atoms with Gasteiger partial charge >= 0.3 is 11.9 Å². The first-order chi connectivity index (χ1) is 10.1. The van der Waals surface area contributed by atoms with Crippen molar-refractivity contribution in [2.24, 2.45) is 0 Å². The van der Waals surface area contributed by atoms with Crippen LogP contribution in [0.3, 0.4) is 0 Å². The van der Waals surface area contributed by atoms with Crippen molar-refractivity contribution >= 4 is 11.9 Å². The molecule has 0 aliphatic rings. The van der Waals surface area contributed by atoms with Crippen molar-refractivity contribution < 1.29 is 34.4 Å². The van der Waals surface area contributed by atoms with E-state index in [2.05, 4.69) is 4.74 Å². The molecule has 0 aromatic carbocycles. The lowest BCUT2D eigenvalue weighted by Gasteiger charge is -2.02. The third-order valence-corrected chi connectivity index (χ3v) is 2.25. The van der Waals surface area contributed by atoms with Crippen LogP contribution >= 0.6 is 0 Å². The Labute approximate surface area is 125 Å². The zero-order chi connectivity index (χ0) is 16.3. The zero-order valence-corrected chi connectivity index (χ0v) is 12.8. The molecule has 3 N–H and O–H groups in total. The second-order valence-corrected chi connectivity index (χ2v) is 4.23. The number of carboxylic acid groups (broad SMARTS) is 1. The quantitative estimate of drug-likeness (QED) is 0.363. The Morgan fingerprint density at radius 3 is 1.95 bits per heavy atom. The van der Waals surface area contributed by atoms with E-state index in [0.29, 0.717) is 39.1 Å². The van der Waals surface area contributed by atoms with Crippen LogP contribution in [0.2, 0.25) is 0 Å². The number of ether oxygens (including phenoxy) is 2. The third-order valence-electron chi connectivity index (χ3n) is 2.25. The largest absolute Gasteiger partial charge is 0.481 e. The van der Waals surface area contributed by atoms with Crippen molar-refractivity contribution in [3.63, 3.8) is 0 Å². The Hall–Kier alpha value is -1.18. The Balaban J connectivity index is 0. The molecule has 0 radical (unpaired) electrons. The highest BCUT2D eigenvalue weighted by atomic mass is 16.5. The molecule has 21 heavy (non-hydrogen) atoms. The van der Waals surface area contributed by atoms with Crippen LogP contribution in [-0.4, -0.2) is 60.3 Å². The second-order valence-electron chi connectivity index (χ2n) is 4.23. The number of rotatable bonds is 12. The molecule has 0 rings (SSSR count). The summed E-state index contributed by atoms with van der Waals surface area (Å²) in [6.45, 7) is 3.20. The molecule has 126 valence electrons. The first kappa shape index (κ1) is 22.1. The van der Waals surface area contributed by atoms with Gasteiger partial charge in [-0.25, -0.2) is 0 Å². The van der Waals surface area contributed by atoms with Gasteiger partial charge in [-0.15, -0.1) is 0 Å². The first-order valence-electron chi connectivity index (χ1n) is 7.25. The minimum absolute atomic E-state index is 0.0278. The summed E-state index contributed by atoms with van der Waals surface area (Å²) in [6, 6.07) is 0. The highest BCUT2D eigenvalue weighted by Crippen LogP contribution is 2.01. The molecule has 0 heterocycles. The van der Waals surface area contributed by atoms with Crippen LogP contribution < -0.4 is 0 Å². The Morgan fingerprint density at radius 2 is 1.48 bits per heavy atom. The zero-order valence-electron chi connectivity index (χ0n) is 12.8. The highest BCUT2D eigenvalue weighted by Gasteiger charge is 2.03. The monoisotopic (exact) mass is 308 g/mol. The number of aliphatic hydroxyl groups is 2. The number of carbonyl (C=O) groups is 2. The normalized spacial score (nSPS) is 9.67. The Bertz CT molecular complexity index is 239. The third kappa shape index (κ3) is 24.2. The van der Waals surface area contributed by atoms with Gasteiger partial charge in [0, 0.05) is 12.8 Å². The van der Waals surface area contributed by atoms with Gasteiger partial charge in [0.15, 0.2) is 0 Å². The van der Waals surface area contributed by atoms with Crippen molar-refractivity contribution in [2.75, 3.05) is 33.0 Å². The summed E-state index contributed by atoms with van der Waals surface area (Å²) < 4.78 is 9.54. The van der Waals surface area contributed by atoms with E-state index in [4.69, 9.17) is 20.1 Å². The minimum Gasteiger partial charge on any atom is -0.481 e. The maximum Gasteiger partial charge on any atom is 0.305 e. The molecule has 0 amide bonds. The number of aliphatic carboxylic acids is 1. The summed E-state index contributed by atoms with van der Waals surface area (Å²) in [4.78, 5) is 21.1. The number of carboxylic acids is 1. The molecule has 0 aliphatic carbocycles. The second kappa shape index (κ2) is 18.8. The van der Waals surface area contributed by atoms with Gasteiger partial charge in [0.25, 0.3) is 0 Å². The molecule has 0 aromatic heterocycles. The van der Waals surface area contributed by atoms with E-state index in [1.807, 2.05) is 6.92 Å². The molecule has 0 aliphatic heterocycles. The molecule has 0 fully saturated rings. The van der Waals surface area contributed by atoms with Gasteiger partial charge in [-0.05, 0) is 19.3 Å². The minimum atomic E-state index is -0.815. The Kier molecular flexibility index (Phi) is 19.8. The van der Waals surface area contributed by atoms with Crippen LogP contribution in [-0.2, 0) is 19.1 Å². The average Bonchev–Trinajstić information content (AvgIpc) is 2.45. The molecule has 7 heteroatoms. The van der Waals surface area contributed by atoms with E-state index < -0.39 is 5.97 Å². The number of unbranched alkanes of at least 4 members (excludes halogenated alkanes) is 2. The number of carbonyl (C=O) groups excluding carboxylic acids is 1. The predicted octanol–water partition coefficient (Wildman–Crippen LogP) is 0.962. The van der Waals surface area contributed by atoms with Crippen molar-refractivity contribution in [1.29, 1.82) is 0 Å². The molecule has 7 nitrogen and oxygen atoms in total. The molecule has 0 spiro atoms. The lowest BCUT2D eigenvalue weighted by atomic mass is 10.2. The summed E-state index contributed by atoms with van der Waals surface area (Å²) in [5, 5.41) is 24.5. The Morgan fingerprint density at radius 1 is 0.905 bits per heavy atom. The van der Waals surface area contributed by atoms with Gasteiger partial charge in [-0.1, -0.05) is 13.3 Å². The van der Waals surface area contributed by atoms with Gasteiger partial charge in [0.05, 0.1) is 33.0 Å². The smallest absolute Gasteiger partial charge is 0.305 e. The number of hydrogen-bond donors (Lipinski definition) is 3. The fraction of sp³-hybridized carbons (Fsp3) is 0.857. The summed E-state index contributed by atoms with van der Waals surface area (Å²) in [6.07, 6.45) is 3.49. The van der Waals surface area contributed by atoms with Crippen molar-refractivity contribution in [3.8, 4) is 0 Å². The summed E-state index contributed by atoms with van der Waals surface area (Å²) in [5.74, 6) is -1.03. The van der Waals surface area contributed by atoms with Crippen LogP contribution in [0.25, 0.3) is 0 Å². The van der Waals surface area contributed by atoms with Crippen LogP contribution in [0.4, 0.5) is 0 Å². The standard InChI is InChI=1S/C10H18O4.C4H10O3/c1-2-3-8-14-10(13)7-5-4-6-9(11)12;5-1-3-7-4-2-6/h2-8H2,1H3,(H,11,12);5-6H,1-4H2. The number of aliphatic hydroxyl groups excluding tert-OH is 2. The number of esters is 1. The van der Waals surface area contributed by atoms with Crippen molar-refractivity contribution in [3.05, 3.63) is 0 Å². The van der Waals surface area contributed by atoms with Crippen LogP contribution in [0.1, 0.15) is 45.4 Å². The van der Waals surface area contributed by atoms with Crippen molar-refractivity contribution in [2.45, 2.75) is 45.4 Å². The summed E-state index contributed by atoms with van der Waals surface area (Å²) >= 11 is 0. The lowest BCUT2D eigenvalue weighted by molar-refractivity contribution is -0.144. The van der Waals surface area contributed by atoms with E-state index in [9.17, 15) is 9.59 Å². The lowest BCUT2D eigenvalue weighted by Crippen LogP contribution is -2.05. The van der Waals surface area contributed by atoms with Crippen LogP contribution in [0, 0.1) is 0 Å². The average molecular weight is 308 g/mol. The maximum absolute atomic E-state index is 11.0. The van der Waals surface area contributed by atoms with Gasteiger partial charge in [-0.3, -0.25) is 9.59 Å². The van der Waals surface area contributed by atoms with E-state index in [1.54, 1.807) is 0 Å². The molecule has 0 atom stereocenters. The van der Waals surface area contributed by atoms with Gasteiger partial charge in [-0.2, -0.15) is 0 Å². The van der Waals surface area contributed by atoms with Crippen molar-refractivity contribution in [1.82, 2.24) is 0 Å². The maximum atomic E-state index is 11.0. The number of hydrogen-bond acceptors (Lipinski definition) is 6. The SMILES string of the molecule is CCCCOC(=O)CCCCC(=O)O.OCCOCCO. The van der Waals surface area contributed by atoms with Gasteiger partial charge < -0.3 is 24.8 Å². The molecule has 0 unspecified atom stereocenters. The van der Waals surface area contributed by atoms with Gasteiger partial charge in [0.2, 0.25) is 0 Å². The fourth-order valence-electron chi connectivity index (χ4n) is 1.18. The first-order valence-corrected chi connectivity index (χ1v) is 7.25. The highest BCUT2D eigenvalue weighted by molar-refractivity contribution is 5.69. The van der Waals surface area contributed by atoms with Crippen LogP contribution in [0.5, 0.6) is 0 Å². The molecular weight excluding hydrogens is 280 g/mol. The van der Waals surface area contributed by atoms with Crippen LogP contribution in [0.15, 0.2) is 0 Å². The van der Waals surface area contributed by atoms with E-state index in [1.165, 1.54) is 0 Å².